The standard InChI is InChI=1S/C16H26N4O/c17-16(20-10-2-1-3-11-20)18-13-14(15-7-6-12-21-15)19-8-4-5-9-19/h6-7,12,14H,1-5,8-11,13H2,(H2,17,18). The van der Waals surface area contributed by atoms with Crippen LogP contribution in [0.3, 0.4) is 0 Å². The van der Waals surface area contributed by atoms with Crippen LogP contribution in [0.25, 0.3) is 0 Å². The van der Waals surface area contributed by atoms with Crippen molar-refractivity contribution in [1.29, 1.82) is 0 Å². The molecule has 5 heteroatoms. The lowest BCUT2D eigenvalue weighted by Crippen LogP contribution is -2.41. The predicted molar refractivity (Wildman–Crippen MR) is 84.2 cm³/mol. The third-order valence-electron chi connectivity index (χ3n) is 4.56. The molecular weight excluding hydrogens is 264 g/mol. The van der Waals surface area contributed by atoms with E-state index in [9.17, 15) is 0 Å². The number of nitrogens with zero attached hydrogens (tertiary/aromatic N) is 3. The van der Waals surface area contributed by atoms with Gasteiger partial charge < -0.3 is 15.1 Å². The quantitative estimate of drug-likeness (QED) is 0.682. The maximum atomic E-state index is 6.18. The van der Waals surface area contributed by atoms with Crippen molar-refractivity contribution in [1.82, 2.24) is 9.80 Å². The van der Waals surface area contributed by atoms with E-state index in [1.165, 1.54) is 32.1 Å². The summed E-state index contributed by atoms with van der Waals surface area (Å²) in [7, 11) is 0. The SMILES string of the molecule is NC(=NCC(c1ccco1)N1CCCC1)N1CCCCC1. The maximum absolute atomic E-state index is 6.18. The van der Waals surface area contributed by atoms with Gasteiger partial charge in [-0.3, -0.25) is 9.89 Å². The van der Waals surface area contributed by atoms with Crippen LogP contribution in [0.1, 0.15) is 43.9 Å². The fourth-order valence-electron chi connectivity index (χ4n) is 3.32. The van der Waals surface area contributed by atoms with Crippen molar-refractivity contribution in [2.45, 2.75) is 38.1 Å². The molecule has 1 aromatic heterocycles. The Balaban J connectivity index is 1.66. The van der Waals surface area contributed by atoms with Crippen LogP contribution in [0.2, 0.25) is 0 Å². The Morgan fingerprint density at radius 3 is 2.52 bits per heavy atom. The van der Waals surface area contributed by atoms with Gasteiger partial charge in [0.2, 0.25) is 0 Å². The van der Waals surface area contributed by atoms with E-state index >= 15 is 0 Å². The van der Waals surface area contributed by atoms with E-state index < -0.39 is 0 Å². The van der Waals surface area contributed by atoms with E-state index in [0.717, 1.165) is 31.9 Å². The van der Waals surface area contributed by atoms with E-state index in [4.69, 9.17) is 10.2 Å². The van der Waals surface area contributed by atoms with Crippen LogP contribution in [0.5, 0.6) is 0 Å². The Hall–Kier alpha value is -1.49. The molecule has 0 spiro atoms. The Morgan fingerprint density at radius 2 is 1.86 bits per heavy atom. The molecule has 2 aliphatic heterocycles. The molecule has 2 fully saturated rings. The van der Waals surface area contributed by atoms with Crippen molar-refractivity contribution >= 4 is 5.96 Å². The van der Waals surface area contributed by atoms with Crippen LogP contribution >= 0.6 is 0 Å². The highest BCUT2D eigenvalue weighted by atomic mass is 16.3. The second kappa shape index (κ2) is 6.98. The molecule has 0 aromatic carbocycles. The first kappa shape index (κ1) is 14.4. The van der Waals surface area contributed by atoms with Gasteiger partial charge in [0.15, 0.2) is 5.96 Å². The minimum Gasteiger partial charge on any atom is -0.468 e. The van der Waals surface area contributed by atoms with Crippen LogP contribution in [0.15, 0.2) is 27.8 Å². The lowest BCUT2D eigenvalue weighted by molar-refractivity contribution is 0.220. The third-order valence-corrected chi connectivity index (χ3v) is 4.56. The normalized spacial score (nSPS) is 22.7. The molecule has 3 rings (SSSR count). The molecule has 0 saturated carbocycles. The molecule has 5 nitrogen and oxygen atoms in total. The van der Waals surface area contributed by atoms with Crippen molar-refractivity contribution in [3.63, 3.8) is 0 Å². The molecule has 2 N–H and O–H groups in total. The molecule has 0 radical (unpaired) electrons. The molecule has 2 aliphatic rings. The Morgan fingerprint density at radius 1 is 1.14 bits per heavy atom. The summed E-state index contributed by atoms with van der Waals surface area (Å²) in [5, 5.41) is 0. The summed E-state index contributed by atoms with van der Waals surface area (Å²) in [6.07, 6.45) is 8.04. The van der Waals surface area contributed by atoms with Crippen LogP contribution in [-0.2, 0) is 0 Å². The lowest BCUT2D eigenvalue weighted by Gasteiger charge is -2.29. The van der Waals surface area contributed by atoms with E-state index in [1.54, 1.807) is 6.26 Å². The molecule has 116 valence electrons. The number of nitrogens with two attached hydrogens (primary N) is 1. The summed E-state index contributed by atoms with van der Waals surface area (Å²) in [5.74, 6) is 1.71. The first-order chi connectivity index (χ1) is 10.3. The fraction of sp³-hybridized carbons (Fsp3) is 0.688. The predicted octanol–water partition coefficient (Wildman–Crippen LogP) is 2.22. The Bertz CT molecular complexity index is 445. The zero-order valence-electron chi connectivity index (χ0n) is 12.7. The zero-order chi connectivity index (χ0) is 14.5. The van der Waals surface area contributed by atoms with Gasteiger partial charge in [-0.25, -0.2) is 0 Å². The van der Waals surface area contributed by atoms with Gasteiger partial charge in [-0.2, -0.15) is 0 Å². The second-order valence-electron chi connectivity index (χ2n) is 6.02. The molecule has 1 atom stereocenters. The van der Waals surface area contributed by atoms with Gasteiger partial charge in [-0.15, -0.1) is 0 Å². The van der Waals surface area contributed by atoms with Gasteiger partial charge in [0.1, 0.15) is 5.76 Å². The average Bonchev–Trinajstić information content (AvgIpc) is 3.22. The minimum absolute atomic E-state index is 0.228. The molecule has 1 aromatic rings. The number of aliphatic imine (C=N–C) groups is 1. The average molecular weight is 290 g/mol. The highest BCUT2D eigenvalue weighted by Crippen LogP contribution is 2.25. The van der Waals surface area contributed by atoms with Gasteiger partial charge in [0.05, 0.1) is 18.8 Å². The van der Waals surface area contributed by atoms with Gasteiger partial charge >= 0.3 is 0 Å². The first-order valence-corrected chi connectivity index (χ1v) is 8.17. The molecule has 3 heterocycles. The van der Waals surface area contributed by atoms with Gasteiger partial charge in [0, 0.05) is 13.1 Å². The number of guanidine groups is 1. The van der Waals surface area contributed by atoms with E-state index in [2.05, 4.69) is 20.9 Å². The number of furan rings is 1. The summed E-state index contributed by atoms with van der Waals surface area (Å²) < 4.78 is 5.62. The zero-order valence-corrected chi connectivity index (χ0v) is 12.7. The maximum Gasteiger partial charge on any atom is 0.191 e. The highest BCUT2D eigenvalue weighted by molar-refractivity contribution is 5.78. The van der Waals surface area contributed by atoms with Gasteiger partial charge in [0.25, 0.3) is 0 Å². The second-order valence-corrected chi connectivity index (χ2v) is 6.02. The third kappa shape index (κ3) is 3.59. The molecule has 0 bridgehead atoms. The molecule has 0 aliphatic carbocycles. The number of rotatable bonds is 4. The summed E-state index contributed by atoms with van der Waals surface area (Å²) >= 11 is 0. The summed E-state index contributed by atoms with van der Waals surface area (Å²) in [5.41, 5.74) is 6.18. The minimum atomic E-state index is 0.228. The number of likely N-dealkylation sites (tertiary alicyclic amines) is 2. The highest BCUT2D eigenvalue weighted by Gasteiger charge is 2.25. The Kier molecular flexibility index (Phi) is 4.80. The van der Waals surface area contributed by atoms with Crippen molar-refractivity contribution in [3.8, 4) is 0 Å². The summed E-state index contributed by atoms with van der Waals surface area (Å²) in [4.78, 5) is 9.35. The summed E-state index contributed by atoms with van der Waals surface area (Å²) in [6, 6.07) is 4.23. The topological polar surface area (TPSA) is 58.0 Å². The van der Waals surface area contributed by atoms with Crippen LogP contribution < -0.4 is 5.73 Å². The van der Waals surface area contributed by atoms with Crippen LogP contribution in [0.4, 0.5) is 0 Å². The Labute approximate surface area is 126 Å². The van der Waals surface area contributed by atoms with Crippen LogP contribution in [-0.4, -0.2) is 48.5 Å². The number of hydrogen-bond acceptors (Lipinski definition) is 3. The molecule has 1 unspecified atom stereocenters. The lowest BCUT2D eigenvalue weighted by atomic mass is 10.1. The molecular formula is C16H26N4O. The van der Waals surface area contributed by atoms with Gasteiger partial charge in [-0.05, 0) is 57.3 Å². The van der Waals surface area contributed by atoms with E-state index in [0.29, 0.717) is 12.5 Å². The van der Waals surface area contributed by atoms with Gasteiger partial charge in [-0.1, -0.05) is 0 Å². The van der Waals surface area contributed by atoms with Crippen molar-refractivity contribution < 1.29 is 4.42 Å². The number of piperidine rings is 1. The summed E-state index contributed by atoms with van der Waals surface area (Å²) in [6.45, 7) is 5.04. The monoisotopic (exact) mass is 290 g/mol. The smallest absolute Gasteiger partial charge is 0.191 e. The molecule has 0 amide bonds. The fourth-order valence-corrected chi connectivity index (χ4v) is 3.32. The van der Waals surface area contributed by atoms with E-state index in [1.807, 2.05) is 6.07 Å². The first-order valence-electron chi connectivity index (χ1n) is 8.17. The molecule has 21 heavy (non-hydrogen) atoms. The largest absolute Gasteiger partial charge is 0.468 e. The van der Waals surface area contributed by atoms with Crippen LogP contribution in [0, 0.1) is 0 Å². The van der Waals surface area contributed by atoms with Crippen molar-refractivity contribution in [3.05, 3.63) is 24.2 Å². The van der Waals surface area contributed by atoms with E-state index in [-0.39, 0.29) is 6.04 Å². The van der Waals surface area contributed by atoms with Crippen molar-refractivity contribution in [2.24, 2.45) is 10.7 Å². The van der Waals surface area contributed by atoms with Crippen molar-refractivity contribution in [2.75, 3.05) is 32.7 Å². The number of hydrogen-bond donors (Lipinski definition) is 1. The molecule has 2 saturated heterocycles.